The van der Waals surface area contributed by atoms with Crippen molar-refractivity contribution >= 4 is 5.91 Å². The highest BCUT2D eigenvalue weighted by Crippen LogP contribution is 2.38. The maximum atomic E-state index is 13.0. The van der Waals surface area contributed by atoms with Crippen LogP contribution in [0.25, 0.3) is 11.1 Å². The first kappa shape index (κ1) is 22.0. The van der Waals surface area contributed by atoms with E-state index in [1.165, 1.54) is 48.1 Å². The fourth-order valence-corrected chi connectivity index (χ4v) is 5.55. The number of nitrogens with one attached hydrogen (secondary N) is 1. The molecule has 0 saturated carbocycles. The minimum atomic E-state index is 0.170. The molecule has 2 aromatic carbocycles. The maximum Gasteiger partial charge on any atom is 0.223 e. The van der Waals surface area contributed by atoms with Crippen molar-refractivity contribution in [2.75, 3.05) is 20.6 Å². The Balaban J connectivity index is 1.39. The zero-order valence-corrected chi connectivity index (χ0v) is 19.3. The fourth-order valence-electron chi connectivity index (χ4n) is 5.55. The number of benzene rings is 2. The molecule has 4 nitrogen and oxygen atoms in total. The SMILES string of the molecule is CCCN1C2CCC1CC(C(=O)NCc1ccccc1-c1ccc(CN(C)C)cc1)C2. The van der Waals surface area contributed by atoms with E-state index in [0.29, 0.717) is 18.6 Å². The Labute approximate surface area is 187 Å². The van der Waals surface area contributed by atoms with Crippen molar-refractivity contribution in [3.8, 4) is 11.1 Å². The van der Waals surface area contributed by atoms with Gasteiger partial charge in [0.15, 0.2) is 0 Å². The zero-order valence-electron chi connectivity index (χ0n) is 19.3. The summed E-state index contributed by atoms with van der Waals surface area (Å²) in [5, 5.41) is 3.27. The van der Waals surface area contributed by atoms with Crippen molar-refractivity contribution < 1.29 is 4.79 Å². The molecule has 1 amide bonds. The summed E-state index contributed by atoms with van der Waals surface area (Å²) in [5.74, 6) is 0.410. The van der Waals surface area contributed by atoms with Gasteiger partial charge in [0.05, 0.1) is 0 Å². The number of hydrogen-bond donors (Lipinski definition) is 1. The van der Waals surface area contributed by atoms with E-state index in [9.17, 15) is 4.79 Å². The third kappa shape index (κ3) is 5.19. The molecule has 2 bridgehead atoms. The monoisotopic (exact) mass is 419 g/mol. The van der Waals surface area contributed by atoms with Gasteiger partial charge < -0.3 is 10.2 Å². The summed E-state index contributed by atoms with van der Waals surface area (Å²) < 4.78 is 0. The first-order chi connectivity index (χ1) is 15.0. The fraction of sp³-hybridized carbons (Fsp3) is 0.519. The minimum Gasteiger partial charge on any atom is -0.352 e. The average molecular weight is 420 g/mol. The van der Waals surface area contributed by atoms with Crippen LogP contribution in [0.15, 0.2) is 48.5 Å². The molecular weight excluding hydrogens is 382 g/mol. The first-order valence-corrected chi connectivity index (χ1v) is 11.9. The predicted octanol–water partition coefficient (Wildman–Crippen LogP) is 4.68. The highest BCUT2D eigenvalue weighted by molar-refractivity contribution is 5.79. The summed E-state index contributed by atoms with van der Waals surface area (Å²) in [7, 11) is 4.18. The average Bonchev–Trinajstić information content (AvgIpc) is 2.99. The largest absolute Gasteiger partial charge is 0.352 e. The van der Waals surface area contributed by atoms with E-state index in [2.05, 4.69) is 84.7 Å². The van der Waals surface area contributed by atoms with Crippen molar-refractivity contribution in [3.63, 3.8) is 0 Å². The van der Waals surface area contributed by atoms with Crippen LogP contribution < -0.4 is 5.32 Å². The lowest BCUT2D eigenvalue weighted by atomic mass is 9.89. The second-order valence-electron chi connectivity index (χ2n) is 9.60. The van der Waals surface area contributed by atoms with Gasteiger partial charge in [-0.25, -0.2) is 0 Å². The molecule has 2 aliphatic rings. The zero-order chi connectivity index (χ0) is 21.8. The van der Waals surface area contributed by atoms with Gasteiger partial charge in [0.2, 0.25) is 5.91 Å². The molecule has 0 aromatic heterocycles. The van der Waals surface area contributed by atoms with Crippen molar-refractivity contribution in [1.29, 1.82) is 0 Å². The molecule has 2 aromatic rings. The molecule has 2 heterocycles. The molecule has 166 valence electrons. The Hall–Kier alpha value is -2.17. The molecule has 1 N–H and O–H groups in total. The quantitative estimate of drug-likeness (QED) is 0.675. The van der Waals surface area contributed by atoms with Crippen molar-refractivity contribution in [2.24, 2.45) is 5.92 Å². The van der Waals surface area contributed by atoms with Gasteiger partial charge in [0.25, 0.3) is 0 Å². The lowest BCUT2D eigenvalue weighted by Gasteiger charge is -2.38. The van der Waals surface area contributed by atoms with Crippen LogP contribution in [0.4, 0.5) is 0 Å². The first-order valence-electron chi connectivity index (χ1n) is 11.9. The Morgan fingerprint density at radius 1 is 1.03 bits per heavy atom. The summed E-state index contributed by atoms with van der Waals surface area (Å²) in [4.78, 5) is 17.9. The Morgan fingerprint density at radius 2 is 1.71 bits per heavy atom. The lowest BCUT2D eigenvalue weighted by Crippen LogP contribution is -2.47. The Morgan fingerprint density at radius 3 is 2.35 bits per heavy atom. The van der Waals surface area contributed by atoms with Gasteiger partial charge in [0, 0.05) is 31.1 Å². The lowest BCUT2D eigenvalue weighted by molar-refractivity contribution is -0.127. The van der Waals surface area contributed by atoms with Gasteiger partial charge in [-0.05, 0) is 75.0 Å². The summed E-state index contributed by atoms with van der Waals surface area (Å²) in [6, 6.07) is 18.5. The molecule has 0 radical (unpaired) electrons. The molecule has 4 rings (SSSR count). The second kappa shape index (κ2) is 9.97. The van der Waals surface area contributed by atoms with Gasteiger partial charge in [-0.2, -0.15) is 0 Å². The van der Waals surface area contributed by atoms with Gasteiger partial charge in [-0.15, -0.1) is 0 Å². The van der Waals surface area contributed by atoms with E-state index in [-0.39, 0.29) is 11.8 Å². The number of amides is 1. The van der Waals surface area contributed by atoms with E-state index < -0.39 is 0 Å². The van der Waals surface area contributed by atoms with Gasteiger partial charge in [0.1, 0.15) is 0 Å². The molecule has 2 saturated heterocycles. The summed E-state index contributed by atoms with van der Waals surface area (Å²) in [6.45, 7) is 4.98. The molecule has 2 unspecified atom stereocenters. The molecule has 4 heteroatoms. The van der Waals surface area contributed by atoms with E-state index >= 15 is 0 Å². The van der Waals surface area contributed by atoms with E-state index in [1.807, 2.05) is 0 Å². The van der Waals surface area contributed by atoms with Gasteiger partial charge in [-0.1, -0.05) is 55.5 Å². The van der Waals surface area contributed by atoms with Crippen LogP contribution in [-0.4, -0.2) is 48.4 Å². The van der Waals surface area contributed by atoms with Gasteiger partial charge in [-0.3, -0.25) is 9.69 Å². The molecule has 2 fully saturated rings. The van der Waals surface area contributed by atoms with Crippen LogP contribution in [0.2, 0.25) is 0 Å². The van der Waals surface area contributed by atoms with E-state index in [1.54, 1.807) is 0 Å². The van der Waals surface area contributed by atoms with Gasteiger partial charge >= 0.3 is 0 Å². The van der Waals surface area contributed by atoms with Crippen LogP contribution >= 0.6 is 0 Å². The topological polar surface area (TPSA) is 35.6 Å². The third-order valence-electron chi connectivity index (χ3n) is 6.97. The number of nitrogens with zero attached hydrogens (tertiary/aromatic N) is 2. The third-order valence-corrected chi connectivity index (χ3v) is 6.97. The van der Waals surface area contributed by atoms with Crippen molar-refractivity contribution in [3.05, 3.63) is 59.7 Å². The summed E-state index contributed by atoms with van der Waals surface area (Å²) in [5.41, 5.74) is 4.90. The van der Waals surface area contributed by atoms with E-state index in [0.717, 1.165) is 19.4 Å². The van der Waals surface area contributed by atoms with Crippen molar-refractivity contribution in [2.45, 2.75) is 64.2 Å². The smallest absolute Gasteiger partial charge is 0.223 e. The Kier molecular flexibility index (Phi) is 7.09. The number of fused-ring (bicyclic) bond motifs is 2. The molecule has 2 atom stereocenters. The summed E-state index contributed by atoms with van der Waals surface area (Å²) in [6.07, 6.45) is 5.79. The number of carbonyl (C=O) groups is 1. The molecule has 0 spiro atoms. The van der Waals surface area contributed by atoms with Crippen LogP contribution in [0.1, 0.15) is 50.2 Å². The van der Waals surface area contributed by atoms with Crippen LogP contribution in [0, 0.1) is 5.92 Å². The Bertz CT molecular complexity index is 862. The maximum absolute atomic E-state index is 13.0. The summed E-state index contributed by atoms with van der Waals surface area (Å²) >= 11 is 0. The molecule has 0 aliphatic carbocycles. The molecule has 2 aliphatic heterocycles. The normalized spacial score (nSPS) is 23.3. The second-order valence-corrected chi connectivity index (χ2v) is 9.60. The number of piperidine rings is 1. The van der Waals surface area contributed by atoms with Crippen molar-refractivity contribution in [1.82, 2.24) is 15.1 Å². The highest BCUT2D eigenvalue weighted by atomic mass is 16.1. The van der Waals surface area contributed by atoms with E-state index in [4.69, 9.17) is 0 Å². The standard InChI is InChI=1S/C27H37N3O/c1-4-15-30-24-13-14-25(30)17-23(16-24)27(31)28-18-22-7-5-6-8-26(22)21-11-9-20(10-12-21)19-29(2)3/h5-12,23-25H,4,13-19H2,1-3H3,(H,28,31). The van der Waals surface area contributed by atoms with Crippen LogP contribution in [0.5, 0.6) is 0 Å². The number of rotatable bonds is 8. The number of carbonyl (C=O) groups excluding carboxylic acids is 1. The number of hydrogen-bond acceptors (Lipinski definition) is 3. The predicted molar refractivity (Wildman–Crippen MR) is 128 cm³/mol. The minimum absolute atomic E-state index is 0.170. The van der Waals surface area contributed by atoms with Crippen LogP contribution in [-0.2, 0) is 17.9 Å². The molecule has 31 heavy (non-hydrogen) atoms. The van der Waals surface area contributed by atoms with Crippen LogP contribution in [0.3, 0.4) is 0 Å². The highest BCUT2D eigenvalue weighted by Gasteiger charge is 2.42. The molecular formula is C27H37N3O.